The molecule has 0 aromatic heterocycles. The van der Waals surface area contributed by atoms with Crippen molar-refractivity contribution < 1.29 is 19.4 Å². The monoisotopic (exact) mass is 257 g/mol. The summed E-state index contributed by atoms with van der Waals surface area (Å²) in [5.41, 5.74) is -0.737. The van der Waals surface area contributed by atoms with E-state index in [0.717, 1.165) is 0 Å². The number of hydrogen-bond donors (Lipinski definition) is 2. The molecule has 104 valence electrons. The SMILES string of the molecule is C=CCCOC(C)C(=O)NC(C)(CC)CC(=O)O. The van der Waals surface area contributed by atoms with Gasteiger partial charge in [0.05, 0.1) is 13.0 Å². The number of ether oxygens (including phenoxy) is 1. The first kappa shape index (κ1) is 16.6. The fourth-order valence-electron chi connectivity index (χ4n) is 1.39. The van der Waals surface area contributed by atoms with Gasteiger partial charge in [-0.25, -0.2) is 0 Å². The van der Waals surface area contributed by atoms with E-state index >= 15 is 0 Å². The van der Waals surface area contributed by atoms with Crippen LogP contribution in [0, 0.1) is 0 Å². The van der Waals surface area contributed by atoms with Gasteiger partial charge in [0.2, 0.25) is 5.91 Å². The summed E-state index contributed by atoms with van der Waals surface area (Å²) < 4.78 is 5.31. The molecule has 0 rings (SSSR count). The minimum Gasteiger partial charge on any atom is -0.481 e. The zero-order valence-electron chi connectivity index (χ0n) is 11.4. The summed E-state index contributed by atoms with van der Waals surface area (Å²) in [6.07, 6.45) is 2.24. The van der Waals surface area contributed by atoms with Crippen LogP contribution in [0.5, 0.6) is 0 Å². The molecule has 0 aromatic rings. The second-order valence-corrected chi connectivity index (χ2v) is 4.56. The molecule has 0 aliphatic rings. The molecule has 5 nitrogen and oxygen atoms in total. The van der Waals surface area contributed by atoms with E-state index in [2.05, 4.69) is 11.9 Å². The molecule has 0 fully saturated rings. The summed E-state index contributed by atoms with van der Waals surface area (Å²) in [6.45, 7) is 9.20. The van der Waals surface area contributed by atoms with Crippen molar-refractivity contribution in [3.8, 4) is 0 Å². The van der Waals surface area contributed by atoms with Crippen LogP contribution in [-0.4, -0.2) is 35.2 Å². The topological polar surface area (TPSA) is 75.6 Å². The molecule has 5 heteroatoms. The molecule has 0 spiro atoms. The van der Waals surface area contributed by atoms with E-state index in [4.69, 9.17) is 9.84 Å². The summed E-state index contributed by atoms with van der Waals surface area (Å²) in [7, 11) is 0. The van der Waals surface area contributed by atoms with Crippen LogP contribution in [0.25, 0.3) is 0 Å². The number of carbonyl (C=O) groups is 2. The Kier molecular flexibility index (Phi) is 7.27. The van der Waals surface area contributed by atoms with E-state index in [1.54, 1.807) is 19.9 Å². The Labute approximate surface area is 108 Å². The Bertz CT molecular complexity index is 303. The van der Waals surface area contributed by atoms with Gasteiger partial charge in [-0.15, -0.1) is 6.58 Å². The molecule has 2 atom stereocenters. The number of nitrogens with one attached hydrogen (secondary N) is 1. The molecule has 0 saturated carbocycles. The molecule has 1 amide bonds. The predicted molar refractivity (Wildman–Crippen MR) is 69.3 cm³/mol. The zero-order chi connectivity index (χ0) is 14.2. The van der Waals surface area contributed by atoms with Crippen LogP contribution < -0.4 is 5.32 Å². The minimum atomic E-state index is -0.931. The van der Waals surface area contributed by atoms with Crippen LogP contribution in [-0.2, 0) is 14.3 Å². The highest BCUT2D eigenvalue weighted by Crippen LogP contribution is 2.14. The van der Waals surface area contributed by atoms with Gasteiger partial charge in [0.15, 0.2) is 0 Å². The van der Waals surface area contributed by atoms with Crippen LogP contribution in [0.3, 0.4) is 0 Å². The van der Waals surface area contributed by atoms with E-state index in [-0.39, 0.29) is 12.3 Å². The van der Waals surface area contributed by atoms with E-state index in [9.17, 15) is 9.59 Å². The van der Waals surface area contributed by atoms with Crippen molar-refractivity contribution in [3.05, 3.63) is 12.7 Å². The molecule has 0 aliphatic carbocycles. The molecule has 0 aromatic carbocycles. The van der Waals surface area contributed by atoms with Crippen molar-refractivity contribution in [1.29, 1.82) is 0 Å². The number of carboxylic acid groups (broad SMARTS) is 1. The fourth-order valence-corrected chi connectivity index (χ4v) is 1.39. The van der Waals surface area contributed by atoms with Crippen molar-refractivity contribution >= 4 is 11.9 Å². The fraction of sp³-hybridized carbons (Fsp3) is 0.692. The largest absolute Gasteiger partial charge is 0.481 e. The lowest BCUT2D eigenvalue weighted by molar-refractivity contribution is -0.140. The Morgan fingerprint density at radius 2 is 2.17 bits per heavy atom. The number of hydrogen-bond acceptors (Lipinski definition) is 3. The maximum atomic E-state index is 11.8. The average Bonchev–Trinajstić information content (AvgIpc) is 2.28. The van der Waals surface area contributed by atoms with Gasteiger partial charge < -0.3 is 15.2 Å². The Morgan fingerprint density at radius 1 is 1.56 bits per heavy atom. The standard InChI is InChI=1S/C13H23NO4/c1-5-7-8-18-10(3)12(17)14-13(4,6-2)9-11(15)16/h5,10H,1,6-9H2,2-4H3,(H,14,17)(H,15,16). The summed E-state index contributed by atoms with van der Waals surface area (Å²) >= 11 is 0. The highest BCUT2D eigenvalue weighted by atomic mass is 16.5. The maximum Gasteiger partial charge on any atom is 0.305 e. The number of amides is 1. The van der Waals surface area contributed by atoms with Gasteiger partial charge in [0.25, 0.3) is 0 Å². The van der Waals surface area contributed by atoms with Gasteiger partial charge in [0.1, 0.15) is 6.10 Å². The summed E-state index contributed by atoms with van der Waals surface area (Å²) in [6, 6.07) is 0. The molecule has 0 aliphatic heterocycles. The molecule has 2 N–H and O–H groups in total. The predicted octanol–water partition coefficient (Wildman–Crippen LogP) is 1.73. The Balaban J connectivity index is 4.32. The van der Waals surface area contributed by atoms with Crippen LogP contribution in [0.2, 0.25) is 0 Å². The van der Waals surface area contributed by atoms with E-state index < -0.39 is 17.6 Å². The lowest BCUT2D eigenvalue weighted by Crippen LogP contribution is -2.50. The highest BCUT2D eigenvalue weighted by molar-refractivity contribution is 5.82. The smallest absolute Gasteiger partial charge is 0.305 e. The van der Waals surface area contributed by atoms with E-state index in [0.29, 0.717) is 19.4 Å². The highest BCUT2D eigenvalue weighted by Gasteiger charge is 2.29. The summed E-state index contributed by atoms with van der Waals surface area (Å²) in [5.74, 6) is -1.22. The Hall–Kier alpha value is -1.36. The lowest BCUT2D eigenvalue weighted by atomic mass is 9.94. The molecule has 0 bridgehead atoms. The number of carbonyl (C=O) groups excluding carboxylic acids is 1. The summed E-state index contributed by atoms with van der Waals surface area (Å²) in [4.78, 5) is 22.6. The second-order valence-electron chi connectivity index (χ2n) is 4.56. The van der Waals surface area contributed by atoms with Gasteiger partial charge >= 0.3 is 5.97 Å². The van der Waals surface area contributed by atoms with Crippen molar-refractivity contribution in [2.45, 2.75) is 51.7 Å². The first-order chi connectivity index (χ1) is 8.34. The summed E-state index contributed by atoms with van der Waals surface area (Å²) in [5, 5.41) is 11.5. The second kappa shape index (κ2) is 7.87. The van der Waals surface area contributed by atoms with Crippen LogP contribution in [0.1, 0.15) is 40.0 Å². The normalized spacial score (nSPS) is 15.5. The first-order valence-electron chi connectivity index (χ1n) is 6.11. The molecule has 0 heterocycles. The molecule has 0 radical (unpaired) electrons. The van der Waals surface area contributed by atoms with Crippen LogP contribution in [0.4, 0.5) is 0 Å². The quantitative estimate of drug-likeness (QED) is 0.487. The third-order valence-electron chi connectivity index (χ3n) is 2.81. The van der Waals surface area contributed by atoms with Crippen molar-refractivity contribution in [2.24, 2.45) is 0 Å². The average molecular weight is 257 g/mol. The van der Waals surface area contributed by atoms with Crippen molar-refractivity contribution in [3.63, 3.8) is 0 Å². The van der Waals surface area contributed by atoms with E-state index in [1.807, 2.05) is 6.92 Å². The first-order valence-corrected chi connectivity index (χ1v) is 6.11. The van der Waals surface area contributed by atoms with Crippen LogP contribution >= 0.6 is 0 Å². The van der Waals surface area contributed by atoms with Crippen molar-refractivity contribution in [1.82, 2.24) is 5.32 Å². The van der Waals surface area contributed by atoms with Gasteiger partial charge in [0, 0.05) is 5.54 Å². The Morgan fingerprint density at radius 3 is 2.61 bits per heavy atom. The van der Waals surface area contributed by atoms with Gasteiger partial charge in [-0.05, 0) is 26.7 Å². The molecular formula is C13H23NO4. The third kappa shape index (κ3) is 6.39. The minimum absolute atomic E-state index is 0.103. The van der Waals surface area contributed by atoms with E-state index in [1.165, 1.54) is 0 Å². The van der Waals surface area contributed by atoms with Crippen molar-refractivity contribution in [2.75, 3.05) is 6.61 Å². The number of rotatable bonds is 9. The molecular weight excluding hydrogens is 234 g/mol. The number of carboxylic acids is 1. The van der Waals surface area contributed by atoms with Crippen LogP contribution in [0.15, 0.2) is 12.7 Å². The third-order valence-corrected chi connectivity index (χ3v) is 2.81. The van der Waals surface area contributed by atoms with Gasteiger partial charge in [-0.1, -0.05) is 13.0 Å². The molecule has 0 saturated heterocycles. The molecule has 2 unspecified atom stereocenters. The zero-order valence-corrected chi connectivity index (χ0v) is 11.4. The van der Waals surface area contributed by atoms with Gasteiger partial charge in [-0.3, -0.25) is 9.59 Å². The maximum absolute atomic E-state index is 11.8. The van der Waals surface area contributed by atoms with Gasteiger partial charge in [-0.2, -0.15) is 0 Å². The number of aliphatic carboxylic acids is 1. The lowest BCUT2D eigenvalue weighted by Gasteiger charge is -2.29. The molecule has 18 heavy (non-hydrogen) atoms.